The molecule has 1 atom stereocenters. The Labute approximate surface area is 76.6 Å². The molecule has 74 valence electrons. The summed E-state index contributed by atoms with van der Waals surface area (Å²) in [6.45, 7) is -0.458. The topological polar surface area (TPSA) is 9.23 Å². The van der Waals surface area contributed by atoms with E-state index in [4.69, 9.17) is 23.2 Å². The van der Waals surface area contributed by atoms with Gasteiger partial charge in [-0.3, -0.25) is 0 Å². The lowest BCUT2D eigenvalue weighted by Crippen LogP contribution is -2.20. The summed E-state index contributed by atoms with van der Waals surface area (Å²) in [7, 11) is 0. The fourth-order valence-electron chi connectivity index (χ4n) is 0.418. The molecule has 0 fully saturated rings. The molecule has 0 saturated carbocycles. The number of alkyl halides is 6. The van der Waals surface area contributed by atoms with Crippen LogP contribution in [-0.2, 0) is 4.74 Å². The van der Waals surface area contributed by atoms with Crippen LogP contribution in [0, 0.1) is 0 Å². The summed E-state index contributed by atoms with van der Waals surface area (Å²) in [5.41, 5.74) is 0. The molecule has 0 radical (unpaired) electrons. The zero-order valence-electron chi connectivity index (χ0n) is 5.74. The van der Waals surface area contributed by atoms with E-state index in [0.29, 0.717) is 0 Å². The molecular weight excluding hydrogens is 223 g/mol. The second kappa shape index (κ2) is 5.09. The SMILES string of the molecule is FC(CC(F)(F)F)OCC(Cl)Cl. The van der Waals surface area contributed by atoms with Crippen LogP contribution in [0.4, 0.5) is 17.6 Å². The third-order valence-corrected chi connectivity index (χ3v) is 1.05. The molecule has 0 N–H and O–H groups in total. The minimum absolute atomic E-state index is 0.458. The van der Waals surface area contributed by atoms with E-state index in [-0.39, 0.29) is 0 Å². The predicted octanol–water partition coefficient (Wildman–Crippen LogP) is 3.05. The van der Waals surface area contributed by atoms with Crippen molar-refractivity contribution in [2.45, 2.75) is 23.8 Å². The molecule has 0 heterocycles. The summed E-state index contributed by atoms with van der Waals surface area (Å²) in [4.78, 5) is -1.02. The van der Waals surface area contributed by atoms with Crippen molar-refractivity contribution in [2.75, 3.05) is 6.61 Å². The van der Waals surface area contributed by atoms with Gasteiger partial charge in [-0.05, 0) is 0 Å². The van der Waals surface area contributed by atoms with Gasteiger partial charge >= 0.3 is 6.18 Å². The Hall–Kier alpha value is 0.260. The van der Waals surface area contributed by atoms with Crippen LogP contribution in [-0.4, -0.2) is 24.0 Å². The largest absolute Gasteiger partial charge is 0.394 e. The molecule has 0 aromatic rings. The van der Waals surface area contributed by atoms with Crippen molar-refractivity contribution in [2.24, 2.45) is 0 Å². The van der Waals surface area contributed by atoms with Crippen molar-refractivity contribution in [3.8, 4) is 0 Å². The Morgan fingerprint density at radius 3 is 2.08 bits per heavy atom. The number of rotatable bonds is 4. The molecule has 7 heteroatoms. The molecule has 0 saturated heterocycles. The number of ether oxygens (including phenoxy) is 1. The van der Waals surface area contributed by atoms with Crippen LogP contribution in [0.5, 0.6) is 0 Å². The lowest BCUT2D eigenvalue weighted by atomic mass is 10.4. The van der Waals surface area contributed by atoms with Gasteiger partial charge in [0.2, 0.25) is 6.36 Å². The lowest BCUT2D eigenvalue weighted by molar-refractivity contribution is -0.182. The smallest absolute Gasteiger partial charge is 0.345 e. The van der Waals surface area contributed by atoms with E-state index < -0.39 is 30.4 Å². The second-order valence-electron chi connectivity index (χ2n) is 1.95. The molecule has 0 aromatic carbocycles. The molecular formula is C5H6Cl2F4O. The fraction of sp³-hybridized carbons (Fsp3) is 1.00. The van der Waals surface area contributed by atoms with Gasteiger partial charge in [0, 0.05) is 0 Å². The summed E-state index contributed by atoms with van der Waals surface area (Å²) in [6, 6.07) is 0. The standard InChI is InChI=1S/C5H6Cl2F4O/c6-3(7)2-12-4(8)1-5(9,10)11/h3-4H,1-2H2. The lowest BCUT2D eigenvalue weighted by Gasteiger charge is -2.11. The molecule has 0 amide bonds. The first-order valence-corrected chi connectivity index (χ1v) is 3.79. The van der Waals surface area contributed by atoms with Crippen molar-refractivity contribution in [1.29, 1.82) is 0 Å². The molecule has 0 aliphatic heterocycles. The molecule has 12 heavy (non-hydrogen) atoms. The van der Waals surface area contributed by atoms with Crippen molar-refractivity contribution >= 4 is 23.2 Å². The van der Waals surface area contributed by atoms with E-state index in [0.717, 1.165) is 0 Å². The Kier molecular flexibility index (Phi) is 5.20. The Morgan fingerprint density at radius 2 is 1.75 bits per heavy atom. The van der Waals surface area contributed by atoms with E-state index in [1.54, 1.807) is 0 Å². The molecule has 1 nitrogen and oxygen atoms in total. The van der Waals surface area contributed by atoms with Crippen LogP contribution in [0.25, 0.3) is 0 Å². The summed E-state index contributed by atoms with van der Waals surface area (Å²) < 4.78 is 50.6. The third kappa shape index (κ3) is 8.36. The van der Waals surface area contributed by atoms with Crippen LogP contribution < -0.4 is 0 Å². The van der Waals surface area contributed by atoms with Crippen molar-refractivity contribution < 1.29 is 22.3 Å². The zero-order valence-corrected chi connectivity index (χ0v) is 7.26. The minimum atomic E-state index is -4.58. The first kappa shape index (κ1) is 12.3. The van der Waals surface area contributed by atoms with Gasteiger partial charge in [-0.25, -0.2) is 4.39 Å². The summed E-state index contributed by atoms with van der Waals surface area (Å²) in [5.74, 6) is 0. The molecule has 0 aliphatic carbocycles. The molecule has 1 unspecified atom stereocenters. The Bertz CT molecular complexity index is 127. The second-order valence-corrected chi connectivity index (χ2v) is 3.23. The summed E-state index contributed by atoms with van der Waals surface area (Å²) in [5, 5.41) is 0. The van der Waals surface area contributed by atoms with E-state index in [2.05, 4.69) is 4.74 Å². The van der Waals surface area contributed by atoms with Gasteiger partial charge in [0.15, 0.2) is 0 Å². The fourth-order valence-corrected chi connectivity index (χ4v) is 0.564. The van der Waals surface area contributed by atoms with E-state index in [9.17, 15) is 17.6 Å². The molecule has 0 aliphatic rings. The quantitative estimate of drug-likeness (QED) is 0.531. The maximum absolute atomic E-state index is 12.2. The summed E-state index contributed by atoms with van der Waals surface area (Å²) >= 11 is 10.2. The highest BCUT2D eigenvalue weighted by Gasteiger charge is 2.32. The number of hydrogen-bond acceptors (Lipinski definition) is 1. The highest BCUT2D eigenvalue weighted by molar-refractivity contribution is 6.44. The van der Waals surface area contributed by atoms with Crippen LogP contribution >= 0.6 is 23.2 Å². The van der Waals surface area contributed by atoms with E-state index in [1.165, 1.54) is 0 Å². The maximum atomic E-state index is 12.2. The number of halogens is 6. The molecule has 0 bridgehead atoms. The Balaban J connectivity index is 3.53. The van der Waals surface area contributed by atoms with Gasteiger partial charge in [0.05, 0.1) is 13.0 Å². The van der Waals surface area contributed by atoms with Gasteiger partial charge < -0.3 is 4.74 Å². The normalized spacial score (nSPS) is 15.2. The highest BCUT2D eigenvalue weighted by atomic mass is 35.5. The Morgan fingerprint density at radius 1 is 1.25 bits per heavy atom. The van der Waals surface area contributed by atoms with E-state index in [1.807, 2.05) is 0 Å². The van der Waals surface area contributed by atoms with Crippen molar-refractivity contribution in [3.63, 3.8) is 0 Å². The van der Waals surface area contributed by atoms with Crippen molar-refractivity contribution in [1.82, 2.24) is 0 Å². The van der Waals surface area contributed by atoms with Gasteiger partial charge in [0.1, 0.15) is 4.84 Å². The first-order valence-electron chi connectivity index (χ1n) is 2.92. The molecule has 0 rings (SSSR count). The predicted molar refractivity (Wildman–Crippen MR) is 37.0 cm³/mol. The molecule has 0 aromatic heterocycles. The monoisotopic (exact) mass is 228 g/mol. The summed E-state index contributed by atoms with van der Waals surface area (Å²) in [6.07, 6.45) is -8.62. The third-order valence-electron chi connectivity index (χ3n) is 0.795. The van der Waals surface area contributed by atoms with Crippen LogP contribution in [0.1, 0.15) is 6.42 Å². The number of hydrogen-bond donors (Lipinski definition) is 0. The first-order chi connectivity index (χ1) is 5.31. The van der Waals surface area contributed by atoms with Crippen LogP contribution in [0.15, 0.2) is 0 Å². The van der Waals surface area contributed by atoms with Gasteiger partial charge in [-0.2, -0.15) is 13.2 Å². The zero-order chi connectivity index (χ0) is 9.78. The minimum Gasteiger partial charge on any atom is -0.345 e. The van der Waals surface area contributed by atoms with Crippen molar-refractivity contribution in [3.05, 3.63) is 0 Å². The van der Waals surface area contributed by atoms with Crippen LogP contribution in [0.3, 0.4) is 0 Å². The van der Waals surface area contributed by atoms with Gasteiger partial charge in [-0.15, -0.1) is 23.2 Å². The van der Waals surface area contributed by atoms with Gasteiger partial charge in [-0.1, -0.05) is 0 Å². The van der Waals surface area contributed by atoms with Gasteiger partial charge in [0.25, 0.3) is 0 Å². The average molecular weight is 229 g/mol. The average Bonchev–Trinajstić information content (AvgIpc) is 1.79. The maximum Gasteiger partial charge on any atom is 0.394 e. The van der Waals surface area contributed by atoms with E-state index >= 15 is 0 Å². The van der Waals surface area contributed by atoms with Crippen LogP contribution in [0.2, 0.25) is 0 Å². The molecule has 0 spiro atoms. The highest BCUT2D eigenvalue weighted by Crippen LogP contribution is 2.23.